The highest BCUT2D eigenvalue weighted by molar-refractivity contribution is 4.36. The summed E-state index contributed by atoms with van der Waals surface area (Å²) >= 11 is 0. The van der Waals surface area contributed by atoms with Gasteiger partial charge in [-0.05, 0) is 0 Å². The highest BCUT2D eigenvalue weighted by Crippen LogP contribution is 1.93. The maximum Gasteiger partial charge on any atom is 0.0802 e. The summed E-state index contributed by atoms with van der Waals surface area (Å²) in [6.07, 6.45) is 1.09. The van der Waals surface area contributed by atoms with Crippen LogP contribution in [0.25, 0.3) is 0 Å². The van der Waals surface area contributed by atoms with Crippen LogP contribution < -0.4 is 0 Å². The summed E-state index contributed by atoms with van der Waals surface area (Å²) in [5, 5.41) is 0. The summed E-state index contributed by atoms with van der Waals surface area (Å²) in [5.74, 6) is 0. The van der Waals surface area contributed by atoms with Gasteiger partial charge >= 0.3 is 0 Å². The van der Waals surface area contributed by atoms with Crippen molar-refractivity contribution in [3.63, 3.8) is 0 Å². The summed E-state index contributed by atoms with van der Waals surface area (Å²) < 4.78 is 22.0. The molecular formula is C13H30NO4+. The summed E-state index contributed by atoms with van der Waals surface area (Å²) in [6.45, 7) is 5.73. The van der Waals surface area contributed by atoms with E-state index in [1.165, 1.54) is 0 Å². The van der Waals surface area contributed by atoms with Crippen LogP contribution in [0.3, 0.4) is 0 Å². The van der Waals surface area contributed by atoms with Gasteiger partial charge in [0.15, 0.2) is 0 Å². The van der Waals surface area contributed by atoms with Crippen molar-refractivity contribution in [2.24, 2.45) is 0 Å². The first kappa shape index (κ1) is 17.8. The van der Waals surface area contributed by atoms with E-state index in [1.807, 2.05) is 0 Å². The fourth-order valence-corrected chi connectivity index (χ4v) is 1.33. The standard InChI is InChI=1S/C13H30NO4/c1-14(2,3)6-5-7-16-10-11-18-13-12-17-9-8-15-4/h5-13H2,1-4H3/q+1. The Labute approximate surface area is 112 Å². The lowest BCUT2D eigenvalue weighted by Crippen LogP contribution is -2.35. The maximum absolute atomic E-state index is 5.48. The number of quaternary nitrogens is 1. The van der Waals surface area contributed by atoms with Crippen LogP contribution in [0.1, 0.15) is 6.42 Å². The molecule has 0 atom stereocenters. The number of hydrogen-bond acceptors (Lipinski definition) is 4. The van der Waals surface area contributed by atoms with Gasteiger partial charge < -0.3 is 23.4 Å². The topological polar surface area (TPSA) is 36.9 Å². The normalized spacial score (nSPS) is 12.0. The Morgan fingerprint density at radius 2 is 1.11 bits per heavy atom. The Morgan fingerprint density at radius 1 is 0.667 bits per heavy atom. The van der Waals surface area contributed by atoms with Crippen molar-refractivity contribution in [3.05, 3.63) is 0 Å². The monoisotopic (exact) mass is 264 g/mol. The molecule has 0 aromatic carbocycles. The molecular weight excluding hydrogens is 234 g/mol. The molecule has 0 spiro atoms. The third kappa shape index (κ3) is 15.8. The van der Waals surface area contributed by atoms with E-state index in [0.29, 0.717) is 39.6 Å². The Hall–Kier alpha value is -0.200. The zero-order valence-corrected chi connectivity index (χ0v) is 12.4. The smallest absolute Gasteiger partial charge is 0.0802 e. The minimum atomic E-state index is 0.616. The first-order valence-electron chi connectivity index (χ1n) is 6.59. The molecule has 0 saturated heterocycles. The molecule has 0 radical (unpaired) electrons. The second-order valence-electron chi connectivity index (χ2n) is 5.20. The van der Waals surface area contributed by atoms with Crippen LogP contribution in [0, 0.1) is 0 Å². The number of hydrogen-bond donors (Lipinski definition) is 0. The molecule has 0 unspecified atom stereocenters. The van der Waals surface area contributed by atoms with Gasteiger partial charge in [-0.1, -0.05) is 0 Å². The Balaban J connectivity index is 2.99. The summed E-state index contributed by atoms with van der Waals surface area (Å²) in [7, 11) is 8.22. The molecule has 0 aliphatic carbocycles. The number of rotatable bonds is 13. The third-order valence-electron chi connectivity index (χ3n) is 2.29. The summed E-state index contributed by atoms with van der Waals surface area (Å²) in [5.41, 5.74) is 0. The van der Waals surface area contributed by atoms with Crippen molar-refractivity contribution < 1.29 is 23.4 Å². The lowest BCUT2D eigenvalue weighted by Gasteiger charge is -2.23. The fraction of sp³-hybridized carbons (Fsp3) is 1.00. The van der Waals surface area contributed by atoms with E-state index in [1.54, 1.807) is 7.11 Å². The predicted molar refractivity (Wildman–Crippen MR) is 71.8 cm³/mol. The molecule has 110 valence electrons. The Kier molecular flexibility index (Phi) is 11.7. The number of methoxy groups -OCH3 is 1. The molecule has 0 aliphatic heterocycles. The van der Waals surface area contributed by atoms with Gasteiger partial charge in [-0.3, -0.25) is 0 Å². The molecule has 0 aromatic heterocycles. The highest BCUT2D eigenvalue weighted by Gasteiger charge is 2.05. The molecule has 0 fully saturated rings. The van der Waals surface area contributed by atoms with Crippen molar-refractivity contribution in [2.45, 2.75) is 6.42 Å². The fourth-order valence-electron chi connectivity index (χ4n) is 1.33. The van der Waals surface area contributed by atoms with Gasteiger partial charge in [0.25, 0.3) is 0 Å². The van der Waals surface area contributed by atoms with Gasteiger partial charge in [0, 0.05) is 13.5 Å². The quantitative estimate of drug-likeness (QED) is 0.364. The van der Waals surface area contributed by atoms with Gasteiger partial charge in [0.2, 0.25) is 0 Å². The molecule has 0 bridgehead atoms. The molecule has 0 saturated carbocycles. The van der Waals surface area contributed by atoms with Gasteiger partial charge in [-0.15, -0.1) is 0 Å². The van der Waals surface area contributed by atoms with E-state index in [0.717, 1.165) is 24.1 Å². The molecule has 0 aromatic rings. The van der Waals surface area contributed by atoms with Crippen molar-refractivity contribution >= 4 is 0 Å². The molecule has 0 heterocycles. The minimum absolute atomic E-state index is 0.616. The average Bonchev–Trinajstić information content (AvgIpc) is 2.29. The molecule has 0 N–H and O–H groups in total. The molecule has 0 amide bonds. The van der Waals surface area contributed by atoms with Crippen molar-refractivity contribution in [3.8, 4) is 0 Å². The SMILES string of the molecule is COCCOCCOCCOCCC[N+](C)(C)C. The molecule has 18 heavy (non-hydrogen) atoms. The number of ether oxygens (including phenoxy) is 4. The summed E-state index contributed by atoms with van der Waals surface area (Å²) in [6, 6.07) is 0. The van der Waals surface area contributed by atoms with E-state index in [9.17, 15) is 0 Å². The van der Waals surface area contributed by atoms with Crippen LogP contribution in [0.4, 0.5) is 0 Å². The molecule has 5 nitrogen and oxygen atoms in total. The second-order valence-corrected chi connectivity index (χ2v) is 5.20. The van der Waals surface area contributed by atoms with E-state index in [-0.39, 0.29) is 0 Å². The lowest BCUT2D eigenvalue weighted by atomic mass is 10.4. The first-order valence-corrected chi connectivity index (χ1v) is 6.59. The Morgan fingerprint density at radius 3 is 1.56 bits per heavy atom. The first-order chi connectivity index (χ1) is 8.56. The van der Waals surface area contributed by atoms with Crippen molar-refractivity contribution in [2.75, 3.05) is 81.0 Å². The molecule has 5 heteroatoms. The largest absolute Gasteiger partial charge is 0.382 e. The van der Waals surface area contributed by atoms with Crippen LogP contribution in [0.15, 0.2) is 0 Å². The molecule has 0 rings (SSSR count). The van der Waals surface area contributed by atoms with E-state index < -0.39 is 0 Å². The average molecular weight is 264 g/mol. The molecule has 0 aliphatic rings. The minimum Gasteiger partial charge on any atom is -0.382 e. The van der Waals surface area contributed by atoms with Gasteiger partial charge in [-0.25, -0.2) is 0 Å². The highest BCUT2D eigenvalue weighted by atomic mass is 16.6. The predicted octanol–water partition coefficient (Wildman–Crippen LogP) is 0.779. The zero-order valence-electron chi connectivity index (χ0n) is 12.4. The van der Waals surface area contributed by atoms with Crippen LogP contribution in [0.5, 0.6) is 0 Å². The van der Waals surface area contributed by atoms with Crippen LogP contribution in [-0.2, 0) is 18.9 Å². The van der Waals surface area contributed by atoms with Crippen molar-refractivity contribution in [1.29, 1.82) is 0 Å². The summed E-state index contributed by atoms with van der Waals surface area (Å²) in [4.78, 5) is 0. The second kappa shape index (κ2) is 11.9. The van der Waals surface area contributed by atoms with Crippen LogP contribution in [0.2, 0.25) is 0 Å². The van der Waals surface area contributed by atoms with Crippen molar-refractivity contribution in [1.82, 2.24) is 0 Å². The number of nitrogens with zero attached hydrogens (tertiary/aromatic N) is 1. The van der Waals surface area contributed by atoms with Gasteiger partial charge in [0.1, 0.15) is 0 Å². The van der Waals surface area contributed by atoms with Gasteiger partial charge in [0.05, 0.1) is 73.9 Å². The zero-order chi connectivity index (χ0) is 13.7. The van der Waals surface area contributed by atoms with Crippen LogP contribution >= 0.6 is 0 Å². The Bertz CT molecular complexity index is 171. The van der Waals surface area contributed by atoms with Crippen LogP contribution in [-0.4, -0.2) is 85.5 Å². The van der Waals surface area contributed by atoms with Gasteiger partial charge in [-0.2, -0.15) is 0 Å². The van der Waals surface area contributed by atoms with E-state index >= 15 is 0 Å². The van der Waals surface area contributed by atoms with E-state index in [4.69, 9.17) is 18.9 Å². The third-order valence-corrected chi connectivity index (χ3v) is 2.29. The lowest BCUT2D eigenvalue weighted by molar-refractivity contribution is -0.870. The van der Waals surface area contributed by atoms with E-state index in [2.05, 4.69) is 21.1 Å². The maximum atomic E-state index is 5.48.